The molecule has 1 aliphatic carbocycles. The summed E-state index contributed by atoms with van der Waals surface area (Å²) in [7, 11) is 1.46. The third kappa shape index (κ3) is 1.49. The lowest BCUT2D eigenvalue weighted by molar-refractivity contribution is -0.118. The normalized spacial score (nSPS) is 30.6. The van der Waals surface area contributed by atoms with Gasteiger partial charge in [-0.3, -0.25) is 4.79 Å². The number of nitrogens with one attached hydrogen (secondary N) is 1. The Hall–Kier alpha value is -1.78. The maximum absolute atomic E-state index is 13.8. The number of carbonyl (C=O) groups is 1. The first-order valence-corrected chi connectivity index (χ1v) is 7.14. The van der Waals surface area contributed by atoms with E-state index in [4.69, 9.17) is 4.74 Å². The molecule has 1 aromatic rings. The van der Waals surface area contributed by atoms with E-state index >= 15 is 0 Å². The van der Waals surface area contributed by atoms with Gasteiger partial charge in [-0.15, -0.1) is 0 Å². The number of amides is 1. The lowest BCUT2D eigenvalue weighted by Crippen LogP contribution is -2.46. The number of ether oxygens (including phenoxy) is 1. The third-order valence-corrected chi connectivity index (χ3v) is 5.00. The van der Waals surface area contributed by atoms with E-state index in [1.807, 2.05) is 0 Å². The minimum absolute atomic E-state index is 0.0106. The molecular weight excluding hydrogens is 259 g/mol. The fourth-order valence-electron chi connectivity index (χ4n) is 4.13. The summed E-state index contributed by atoms with van der Waals surface area (Å²) in [6, 6.07) is 2.97. The Morgan fingerprint density at radius 2 is 2.25 bits per heavy atom. The molecule has 0 spiro atoms. The summed E-state index contributed by atoms with van der Waals surface area (Å²) in [5.74, 6) is 0.837. The zero-order valence-corrected chi connectivity index (χ0v) is 11.4. The molecule has 5 heteroatoms. The molecule has 106 valence electrons. The van der Waals surface area contributed by atoms with Crippen molar-refractivity contribution in [3.63, 3.8) is 0 Å². The fraction of sp³-hybridized carbons (Fsp3) is 0.533. The van der Waals surface area contributed by atoms with Crippen molar-refractivity contribution < 1.29 is 13.9 Å². The van der Waals surface area contributed by atoms with Crippen molar-refractivity contribution in [1.82, 2.24) is 0 Å². The maximum atomic E-state index is 13.8. The Bertz CT molecular complexity index is 589. The van der Waals surface area contributed by atoms with Crippen LogP contribution in [-0.2, 0) is 4.79 Å². The summed E-state index contributed by atoms with van der Waals surface area (Å²) in [6.45, 7) is 0.893. The van der Waals surface area contributed by atoms with Crippen molar-refractivity contribution in [3.05, 3.63) is 17.9 Å². The van der Waals surface area contributed by atoms with Crippen molar-refractivity contribution in [1.29, 1.82) is 0 Å². The van der Waals surface area contributed by atoms with E-state index in [9.17, 15) is 9.18 Å². The van der Waals surface area contributed by atoms with Crippen molar-refractivity contribution in [2.75, 3.05) is 23.9 Å². The maximum Gasteiger partial charge on any atom is 0.247 e. The van der Waals surface area contributed by atoms with E-state index in [0.29, 0.717) is 17.5 Å². The van der Waals surface area contributed by atoms with Gasteiger partial charge in [0.25, 0.3) is 0 Å². The van der Waals surface area contributed by atoms with E-state index in [2.05, 4.69) is 10.2 Å². The second-order valence-corrected chi connectivity index (χ2v) is 5.95. The van der Waals surface area contributed by atoms with E-state index in [1.54, 1.807) is 6.07 Å². The molecule has 3 aliphatic rings. The summed E-state index contributed by atoms with van der Waals surface area (Å²) in [6.07, 6.45) is 3.53. The first-order chi connectivity index (χ1) is 9.69. The highest BCUT2D eigenvalue weighted by Crippen LogP contribution is 2.48. The Kier molecular flexibility index (Phi) is 2.46. The van der Waals surface area contributed by atoms with Crippen LogP contribution in [0, 0.1) is 17.7 Å². The number of hydrogen-bond donors (Lipinski definition) is 1. The average molecular weight is 276 g/mol. The summed E-state index contributed by atoms with van der Waals surface area (Å²) >= 11 is 0. The summed E-state index contributed by atoms with van der Waals surface area (Å²) in [5.41, 5.74) is 1.45. The van der Waals surface area contributed by atoms with Crippen LogP contribution in [0.4, 0.5) is 15.8 Å². The van der Waals surface area contributed by atoms with Crippen LogP contribution < -0.4 is 15.0 Å². The number of methoxy groups -OCH3 is 1. The number of carbonyl (C=O) groups excluding carboxylic acids is 1. The van der Waals surface area contributed by atoms with Gasteiger partial charge in [-0.25, -0.2) is 4.39 Å². The molecule has 3 atom stereocenters. The number of benzene rings is 1. The molecule has 4 rings (SSSR count). The smallest absolute Gasteiger partial charge is 0.247 e. The molecule has 0 bridgehead atoms. The van der Waals surface area contributed by atoms with Crippen molar-refractivity contribution in [2.24, 2.45) is 11.8 Å². The summed E-state index contributed by atoms with van der Waals surface area (Å²) in [4.78, 5) is 14.5. The molecule has 0 radical (unpaired) electrons. The molecular formula is C15H17FN2O2. The van der Waals surface area contributed by atoms with Crippen molar-refractivity contribution in [3.8, 4) is 5.75 Å². The molecule has 3 unspecified atom stereocenters. The number of anilines is 2. The van der Waals surface area contributed by atoms with Gasteiger partial charge < -0.3 is 15.0 Å². The highest BCUT2D eigenvalue weighted by Gasteiger charge is 2.50. The Morgan fingerprint density at radius 1 is 1.40 bits per heavy atom. The number of hydrogen-bond acceptors (Lipinski definition) is 3. The van der Waals surface area contributed by atoms with Gasteiger partial charge in [-0.1, -0.05) is 6.42 Å². The predicted molar refractivity (Wildman–Crippen MR) is 73.5 cm³/mol. The van der Waals surface area contributed by atoms with Crippen LogP contribution in [0.3, 0.4) is 0 Å². The summed E-state index contributed by atoms with van der Waals surface area (Å²) < 4.78 is 18.9. The molecule has 2 heterocycles. The molecule has 1 amide bonds. The molecule has 0 aromatic heterocycles. The first kappa shape index (κ1) is 12.0. The Morgan fingerprint density at radius 3 is 3.05 bits per heavy atom. The monoisotopic (exact) mass is 276 g/mol. The van der Waals surface area contributed by atoms with Gasteiger partial charge in [0.1, 0.15) is 6.04 Å². The lowest BCUT2D eigenvalue weighted by Gasteiger charge is -2.35. The minimum Gasteiger partial charge on any atom is -0.494 e. The lowest BCUT2D eigenvalue weighted by atomic mass is 9.92. The zero-order valence-electron chi connectivity index (χ0n) is 11.4. The van der Waals surface area contributed by atoms with Gasteiger partial charge >= 0.3 is 0 Å². The molecule has 1 aromatic carbocycles. The van der Waals surface area contributed by atoms with Crippen LogP contribution in [0.2, 0.25) is 0 Å². The van der Waals surface area contributed by atoms with E-state index in [1.165, 1.54) is 26.0 Å². The zero-order chi connectivity index (χ0) is 13.9. The highest BCUT2D eigenvalue weighted by atomic mass is 19.1. The quantitative estimate of drug-likeness (QED) is 0.856. The van der Waals surface area contributed by atoms with Gasteiger partial charge in [0.15, 0.2) is 11.6 Å². The third-order valence-electron chi connectivity index (χ3n) is 5.00. The SMILES string of the molecule is COc1cc2c(cc1F)NC(=O)C1C3CCCC3CN21. The van der Waals surface area contributed by atoms with Gasteiger partial charge in [0, 0.05) is 18.7 Å². The fourth-order valence-corrected chi connectivity index (χ4v) is 4.13. The van der Waals surface area contributed by atoms with E-state index in [-0.39, 0.29) is 17.7 Å². The van der Waals surface area contributed by atoms with Crippen LogP contribution in [0.15, 0.2) is 12.1 Å². The average Bonchev–Trinajstić information content (AvgIpc) is 2.98. The first-order valence-electron chi connectivity index (χ1n) is 7.14. The minimum atomic E-state index is -0.440. The molecule has 2 fully saturated rings. The van der Waals surface area contributed by atoms with Crippen LogP contribution in [0.25, 0.3) is 0 Å². The van der Waals surface area contributed by atoms with Crippen LogP contribution in [0.5, 0.6) is 5.75 Å². The van der Waals surface area contributed by atoms with Crippen LogP contribution >= 0.6 is 0 Å². The second-order valence-electron chi connectivity index (χ2n) is 5.95. The molecule has 2 aliphatic heterocycles. The van der Waals surface area contributed by atoms with Crippen LogP contribution in [0.1, 0.15) is 19.3 Å². The van der Waals surface area contributed by atoms with Crippen molar-refractivity contribution >= 4 is 17.3 Å². The van der Waals surface area contributed by atoms with Gasteiger partial charge in [0.05, 0.1) is 18.5 Å². The van der Waals surface area contributed by atoms with Gasteiger partial charge in [-0.05, 0) is 24.7 Å². The number of halogens is 1. The number of rotatable bonds is 1. The second kappa shape index (κ2) is 4.11. The molecule has 4 nitrogen and oxygen atoms in total. The topological polar surface area (TPSA) is 41.6 Å². The molecule has 20 heavy (non-hydrogen) atoms. The molecule has 1 saturated carbocycles. The molecule has 1 saturated heterocycles. The Balaban J connectivity index is 1.80. The van der Waals surface area contributed by atoms with Crippen LogP contribution in [-0.4, -0.2) is 25.6 Å². The van der Waals surface area contributed by atoms with E-state index < -0.39 is 5.82 Å². The van der Waals surface area contributed by atoms with Gasteiger partial charge in [-0.2, -0.15) is 0 Å². The number of nitrogens with zero attached hydrogens (tertiary/aromatic N) is 1. The number of fused-ring (bicyclic) bond motifs is 5. The summed E-state index contributed by atoms with van der Waals surface area (Å²) in [5, 5.41) is 2.86. The predicted octanol–water partition coefficient (Wildman–Crippen LogP) is 2.39. The highest BCUT2D eigenvalue weighted by molar-refractivity contribution is 6.04. The van der Waals surface area contributed by atoms with Crippen molar-refractivity contribution in [2.45, 2.75) is 25.3 Å². The Labute approximate surface area is 116 Å². The van der Waals surface area contributed by atoms with Gasteiger partial charge in [0.2, 0.25) is 5.91 Å². The standard InChI is InChI=1S/C15H17FN2O2/c1-20-13-6-12-11(5-10(13)16)17-15(19)14-9-4-2-3-8(9)7-18(12)14/h5-6,8-9,14H,2-4,7H2,1H3,(H,17,19). The molecule has 1 N–H and O–H groups in total. The largest absolute Gasteiger partial charge is 0.494 e. The van der Waals surface area contributed by atoms with E-state index in [0.717, 1.165) is 18.7 Å².